The maximum absolute atomic E-state index is 14.3. The van der Waals surface area contributed by atoms with E-state index >= 15 is 0 Å². The van der Waals surface area contributed by atoms with Gasteiger partial charge in [-0.05, 0) is 71.8 Å². The van der Waals surface area contributed by atoms with E-state index in [9.17, 15) is 18.0 Å². The zero-order valence-corrected chi connectivity index (χ0v) is 27.8. The van der Waals surface area contributed by atoms with Crippen LogP contribution in [0.15, 0.2) is 100 Å². The Labute approximate surface area is 287 Å². The smallest absolute Gasteiger partial charge is 0.416 e. The number of aliphatic hydroxyl groups excluding tert-OH is 1. The summed E-state index contributed by atoms with van der Waals surface area (Å²) in [5.74, 6) is 0.227. The Morgan fingerprint density at radius 3 is 2.30 bits per heavy atom. The van der Waals surface area contributed by atoms with Gasteiger partial charge in [0.2, 0.25) is 5.90 Å². The molecule has 1 amide bonds. The number of carbonyl (C=O) groups is 1. The molecule has 4 aromatic rings. The van der Waals surface area contributed by atoms with Gasteiger partial charge < -0.3 is 14.6 Å². The molecule has 0 radical (unpaired) electrons. The van der Waals surface area contributed by atoms with Crippen LogP contribution in [0.25, 0.3) is 0 Å². The molecule has 0 bridgehead atoms. The van der Waals surface area contributed by atoms with Crippen molar-refractivity contribution in [1.82, 2.24) is 10.9 Å². The van der Waals surface area contributed by atoms with E-state index in [-0.39, 0.29) is 30.5 Å². The van der Waals surface area contributed by atoms with Gasteiger partial charge in [0.25, 0.3) is 5.91 Å². The van der Waals surface area contributed by atoms with Crippen LogP contribution in [-0.2, 0) is 28.7 Å². The first-order chi connectivity index (χ1) is 22.5. The standard InChI is InChI=1S/C34H29BrCl2F3N3O4/c35-25-10-4-21(5-11-25)19-33(32(45)43-41-20-22-2-8-24(9-3-22)34(38,39)40)30(28-15-12-26(36)18-29(28)37)47-31(42-33)23-6-13-27(14-7-23)46-17-1-16-44/h2-15,18,30,41,44H,1,16-17,19-20H2,(H,43,45)/t30-,33-/m0/s1. The Balaban J connectivity index is 1.50. The van der Waals surface area contributed by atoms with Crippen molar-refractivity contribution >= 4 is 50.9 Å². The van der Waals surface area contributed by atoms with E-state index in [1.165, 1.54) is 12.1 Å². The van der Waals surface area contributed by atoms with Gasteiger partial charge in [-0.1, -0.05) is 69.5 Å². The van der Waals surface area contributed by atoms with Crippen molar-refractivity contribution in [1.29, 1.82) is 0 Å². The molecule has 5 rings (SSSR count). The minimum atomic E-state index is -4.46. The summed E-state index contributed by atoms with van der Waals surface area (Å²) in [6, 6.07) is 23.9. The Hall–Kier alpha value is -3.61. The van der Waals surface area contributed by atoms with Gasteiger partial charge in [-0.25, -0.2) is 10.4 Å². The second-order valence-electron chi connectivity index (χ2n) is 10.8. The fourth-order valence-corrected chi connectivity index (χ4v) is 5.81. The number of hydrogen-bond acceptors (Lipinski definition) is 6. The highest BCUT2D eigenvalue weighted by atomic mass is 79.9. The van der Waals surface area contributed by atoms with E-state index in [0.717, 1.165) is 22.2 Å². The van der Waals surface area contributed by atoms with Gasteiger partial charge >= 0.3 is 6.18 Å². The van der Waals surface area contributed by atoms with Crippen LogP contribution in [0.4, 0.5) is 13.2 Å². The summed E-state index contributed by atoms with van der Waals surface area (Å²) in [6.07, 6.45) is -4.87. The molecule has 3 N–H and O–H groups in total. The molecule has 47 heavy (non-hydrogen) atoms. The number of rotatable bonds is 12. The summed E-state index contributed by atoms with van der Waals surface area (Å²) >= 11 is 16.3. The number of nitrogens with one attached hydrogen (secondary N) is 2. The lowest BCUT2D eigenvalue weighted by molar-refractivity contribution is -0.137. The average Bonchev–Trinajstić information content (AvgIpc) is 3.42. The first-order valence-electron chi connectivity index (χ1n) is 14.5. The lowest BCUT2D eigenvalue weighted by Crippen LogP contribution is -2.53. The van der Waals surface area contributed by atoms with Gasteiger partial charge in [0, 0.05) is 51.6 Å². The summed E-state index contributed by atoms with van der Waals surface area (Å²) < 4.78 is 52.1. The minimum absolute atomic E-state index is 0.0130. The van der Waals surface area contributed by atoms with E-state index in [4.69, 9.17) is 42.8 Å². The average molecular weight is 751 g/mol. The van der Waals surface area contributed by atoms with E-state index in [1.54, 1.807) is 42.5 Å². The quantitative estimate of drug-likeness (QED) is 0.101. The number of alkyl halides is 3. The van der Waals surface area contributed by atoms with Crippen molar-refractivity contribution in [2.75, 3.05) is 13.2 Å². The molecule has 13 heteroatoms. The second kappa shape index (κ2) is 15.1. The molecule has 0 spiro atoms. The molecule has 246 valence electrons. The van der Waals surface area contributed by atoms with Crippen LogP contribution in [0.3, 0.4) is 0 Å². The molecule has 0 fully saturated rings. The monoisotopic (exact) mass is 749 g/mol. The molecule has 7 nitrogen and oxygen atoms in total. The summed E-state index contributed by atoms with van der Waals surface area (Å²) in [6.45, 7) is 0.402. The maximum atomic E-state index is 14.3. The number of aliphatic hydroxyl groups is 1. The Kier molecular flexibility index (Phi) is 11.1. The zero-order valence-electron chi connectivity index (χ0n) is 24.7. The highest BCUT2D eigenvalue weighted by Gasteiger charge is 2.54. The molecule has 0 saturated carbocycles. The Bertz CT molecular complexity index is 1720. The number of aliphatic imine (C=N–C) groups is 1. The molecular weight excluding hydrogens is 722 g/mol. The number of halogens is 6. The van der Waals surface area contributed by atoms with Gasteiger partial charge in [-0.3, -0.25) is 10.2 Å². The maximum Gasteiger partial charge on any atom is 0.416 e. The van der Waals surface area contributed by atoms with Crippen LogP contribution >= 0.6 is 39.1 Å². The van der Waals surface area contributed by atoms with E-state index in [0.29, 0.717) is 40.5 Å². The van der Waals surface area contributed by atoms with E-state index < -0.39 is 29.3 Å². The summed E-state index contributed by atoms with van der Waals surface area (Å²) in [5, 5.41) is 9.72. The third-order valence-corrected chi connectivity index (χ3v) is 8.53. The molecule has 4 aromatic carbocycles. The summed E-state index contributed by atoms with van der Waals surface area (Å²) in [5.41, 5.74) is 5.55. The van der Waals surface area contributed by atoms with Crippen molar-refractivity contribution in [3.05, 3.63) is 133 Å². The van der Waals surface area contributed by atoms with Crippen LogP contribution in [-0.4, -0.2) is 35.7 Å². The molecule has 1 aliphatic heterocycles. The highest BCUT2D eigenvalue weighted by Crippen LogP contribution is 2.45. The topological polar surface area (TPSA) is 92.2 Å². The van der Waals surface area contributed by atoms with Gasteiger partial charge in [-0.2, -0.15) is 13.2 Å². The van der Waals surface area contributed by atoms with Crippen LogP contribution < -0.4 is 15.6 Å². The molecule has 0 aromatic heterocycles. The number of amides is 1. The molecule has 0 saturated heterocycles. The highest BCUT2D eigenvalue weighted by molar-refractivity contribution is 9.10. The lowest BCUT2D eigenvalue weighted by Gasteiger charge is -2.31. The number of hydrazine groups is 1. The number of hydrogen-bond donors (Lipinski definition) is 3. The predicted octanol–water partition coefficient (Wildman–Crippen LogP) is 7.86. The fourth-order valence-electron chi connectivity index (χ4n) is 5.03. The number of benzene rings is 4. The van der Waals surface area contributed by atoms with E-state index in [2.05, 4.69) is 26.8 Å². The lowest BCUT2D eigenvalue weighted by atomic mass is 9.82. The molecule has 1 heterocycles. The van der Waals surface area contributed by atoms with Gasteiger partial charge in [0.05, 0.1) is 12.2 Å². The molecule has 0 aliphatic carbocycles. The zero-order chi connectivity index (χ0) is 33.6. The number of carbonyl (C=O) groups excluding carboxylic acids is 1. The largest absolute Gasteiger partial charge is 0.494 e. The van der Waals surface area contributed by atoms with Crippen molar-refractivity contribution in [2.45, 2.75) is 37.2 Å². The van der Waals surface area contributed by atoms with Gasteiger partial charge in [0.15, 0.2) is 11.6 Å². The van der Waals surface area contributed by atoms with Gasteiger partial charge in [0.1, 0.15) is 5.75 Å². The van der Waals surface area contributed by atoms with Crippen molar-refractivity contribution in [3.8, 4) is 5.75 Å². The normalized spacial score (nSPS) is 17.6. The van der Waals surface area contributed by atoms with E-state index in [1.807, 2.05) is 24.3 Å². The van der Waals surface area contributed by atoms with Crippen molar-refractivity contribution in [3.63, 3.8) is 0 Å². The Morgan fingerprint density at radius 1 is 0.979 bits per heavy atom. The number of ether oxygens (including phenoxy) is 2. The van der Waals surface area contributed by atoms with Gasteiger partial charge in [-0.15, -0.1) is 0 Å². The minimum Gasteiger partial charge on any atom is -0.494 e. The SMILES string of the molecule is O=C(NNCc1ccc(C(F)(F)F)cc1)[C@@]1(Cc2ccc(Br)cc2)N=C(c2ccc(OCCCO)cc2)O[C@H]1c1ccc(Cl)cc1Cl. The first kappa shape index (κ1) is 34.7. The second-order valence-corrected chi connectivity index (χ2v) is 12.5. The fraction of sp³-hybridized carbons (Fsp3) is 0.235. The third-order valence-electron chi connectivity index (χ3n) is 7.44. The molecule has 0 unspecified atom stereocenters. The van der Waals surface area contributed by atoms with Crippen LogP contribution in [0.2, 0.25) is 10.0 Å². The Morgan fingerprint density at radius 2 is 1.66 bits per heavy atom. The molecule has 2 atom stereocenters. The molecule has 1 aliphatic rings. The first-order valence-corrected chi connectivity index (χ1v) is 16.0. The van der Waals surface area contributed by atoms with Crippen LogP contribution in [0.5, 0.6) is 5.75 Å². The molecular formula is C34H29BrCl2F3N3O4. The predicted molar refractivity (Wildman–Crippen MR) is 177 cm³/mol. The number of nitrogens with zero attached hydrogens (tertiary/aromatic N) is 1. The third kappa shape index (κ3) is 8.46. The van der Waals surface area contributed by atoms with Crippen molar-refractivity contribution < 1.29 is 32.5 Å². The summed E-state index contributed by atoms with van der Waals surface area (Å²) in [4.78, 5) is 19.3. The summed E-state index contributed by atoms with van der Waals surface area (Å²) in [7, 11) is 0. The van der Waals surface area contributed by atoms with Crippen LogP contribution in [0, 0.1) is 0 Å². The van der Waals surface area contributed by atoms with Crippen molar-refractivity contribution in [2.24, 2.45) is 4.99 Å². The van der Waals surface area contributed by atoms with Crippen LogP contribution in [0.1, 0.15) is 40.3 Å².